The molecule has 4 heteroatoms. The third kappa shape index (κ3) is 3.81. The van der Waals surface area contributed by atoms with Crippen LogP contribution < -0.4 is 5.32 Å². The van der Waals surface area contributed by atoms with Crippen molar-refractivity contribution in [2.75, 3.05) is 6.54 Å². The first kappa shape index (κ1) is 16.8. The molecule has 0 radical (unpaired) electrons. The van der Waals surface area contributed by atoms with Gasteiger partial charge in [-0.05, 0) is 45.1 Å². The summed E-state index contributed by atoms with van der Waals surface area (Å²) in [5.74, 6) is 1.61. The molecule has 0 saturated heterocycles. The molecule has 1 aliphatic carbocycles. The molecular weight excluding hydrogens is 282 g/mol. The van der Waals surface area contributed by atoms with Gasteiger partial charge in [0.2, 0.25) is 0 Å². The maximum Gasteiger partial charge on any atom is 0.0834 e. The topological polar surface area (TPSA) is 29.9 Å². The molecule has 0 aromatic carbocycles. The van der Waals surface area contributed by atoms with Crippen molar-refractivity contribution in [3.05, 3.63) is 16.9 Å². The highest BCUT2D eigenvalue weighted by molar-refractivity contribution is 6.31. The van der Waals surface area contributed by atoms with Crippen LogP contribution in [0.25, 0.3) is 0 Å². The van der Waals surface area contributed by atoms with Crippen LogP contribution in [0.15, 0.2) is 6.20 Å². The summed E-state index contributed by atoms with van der Waals surface area (Å²) in [6.45, 7) is 9.80. The minimum atomic E-state index is 0.338. The minimum absolute atomic E-state index is 0.338. The molecular formula is C17H30ClN3. The molecule has 1 aromatic rings. The number of rotatable bonds is 6. The number of nitrogens with one attached hydrogen (secondary N) is 1. The second-order valence-electron chi connectivity index (χ2n) is 6.64. The Hall–Kier alpha value is -0.540. The van der Waals surface area contributed by atoms with Crippen LogP contribution in [-0.2, 0) is 0 Å². The molecule has 1 unspecified atom stereocenters. The van der Waals surface area contributed by atoms with E-state index in [1.165, 1.54) is 37.8 Å². The Morgan fingerprint density at radius 3 is 2.48 bits per heavy atom. The average Bonchev–Trinajstić information content (AvgIpc) is 2.87. The first-order valence-electron chi connectivity index (χ1n) is 8.54. The summed E-state index contributed by atoms with van der Waals surface area (Å²) in [4.78, 5) is 0. The van der Waals surface area contributed by atoms with Crippen LogP contribution in [0.5, 0.6) is 0 Å². The van der Waals surface area contributed by atoms with Gasteiger partial charge in [0, 0.05) is 6.04 Å². The predicted octanol–water partition coefficient (Wildman–Crippen LogP) is 4.98. The van der Waals surface area contributed by atoms with Crippen molar-refractivity contribution in [2.45, 2.75) is 71.9 Å². The first-order chi connectivity index (χ1) is 10.1. The van der Waals surface area contributed by atoms with Crippen molar-refractivity contribution in [1.82, 2.24) is 15.1 Å². The first-order valence-corrected chi connectivity index (χ1v) is 8.92. The van der Waals surface area contributed by atoms with Gasteiger partial charge in [-0.25, -0.2) is 0 Å². The molecule has 1 atom stereocenters. The zero-order valence-electron chi connectivity index (χ0n) is 13.9. The zero-order chi connectivity index (χ0) is 15.4. The third-order valence-electron chi connectivity index (χ3n) is 4.93. The van der Waals surface area contributed by atoms with E-state index in [-0.39, 0.29) is 0 Å². The lowest BCUT2D eigenvalue weighted by Crippen LogP contribution is -2.33. The molecule has 1 aromatic heterocycles. The number of halogens is 1. The normalized spacial score (nSPS) is 24.5. The van der Waals surface area contributed by atoms with Crippen molar-refractivity contribution in [1.29, 1.82) is 0 Å². The lowest BCUT2D eigenvalue weighted by Gasteiger charge is -2.35. The summed E-state index contributed by atoms with van der Waals surface area (Å²) >= 11 is 6.47. The zero-order valence-corrected chi connectivity index (χ0v) is 14.7. The minimum Gasteiger partial charge on any atom is -0.309 e. The molecule has 0 bridgehead atoms. The smallest absolute Gasteiger partial charge is 0.0834 e. The maximum atomic E-state index is 6.47. The molecule has 1 heterocycles. The van der Waals surface area contributed by atoms with E-state index < -0.39 is 0 Å². The van der Waals surface area contributed by atoms with Gasteiger partial charge < -0.3 is 5.32 Å². The molecule has 1 saturated carbocycles. The fraction of sp³-hybridized carbons (Fsp3) is 0.824. The highest BCUT2D eigenvalue weighted by Gasteiger charge is 2.31. The largest absolute Gasteiger partial charge is 0.309 e. The molecule has 1 fully saturated rings. The summed E-state index contributed by atoms with van der Waals surface area (Å²) in [5, 5.41) is 8.98. The summed E-state index contributed by atoms with van der Waals surface area (Å²) in [6.07, 6.45) is 8.45. The Morgan fingerprint density at radius 2 is 1.95 bits per heavy atom. The molecule has 0 aliphatic heterocycles. The molecule has 21 heavy (non-hydrogen) atoms. The second kappa shape index (κ2) is 7.64. The summed E-state index contributed by atoms with van der Waals surface area (Å²) in [7, 11) is 0. The van der Waals surface area contributed by atoms with Crippen LogP contribution >= 0.6 is 11.6 Å². The van der Waals surface area contributed by atoms with Crippen LogP contribution in [0.2, 0.25) is 5.02 Å². The van der Waals surface area contributed by atoms with Crippen molar-refractivity contribution >= 4 is 11.6 Å². The van der Waals surface area contributed by atoms with E-state index >= 15 is 0 Å². The van der Waals surface area contributed by atoms with Crippen LogP contribution in [0, 0.1) is 11.8 Å². The number of nitrogens with zero attached hydrogens (tertiary/aromatic N) is 2. The summed E-state index contributed by atoms with van der Waals surface area (Å²) in [6, 6.07) is 0.686. The third-order valence-corrected chi connectivity index (χ3v) is 5.23. The SMILES string of the molecule is CCNC(c1c(Cl)cnn1C(C)C)C1CCC(CC)CC1. The Labute approximate surface area is 134 Å². The summed E-state index contributed by atoms with van der Waals surface area (Å²) < 4.78 is 2.10. The van der Waals surface area contributed by atoms with Crippen LogP contribution in [0.3, 0.4) is 0 Å². The van der Waals surface area contributed by atoms with E-state index in [1.807, 2.05) is 0 Å². The fourth-order valence-corrected chi connectivity index (χ4v) is 3.94. The van der Waals surface area contributed by atoms with E-state index in [1.54, 1.807) is 6.20 Å². The highest BCUT2D eigenvalue weighted by atomic mass is 35.5. The van der Waals surface area contributed by atoms with Crippen LogP contribution in [0.1, 0.15) is 77.6 Å². The van der Waals surface area contributed by atoms with E-state index in [0.29, 0.717) is 18.0 Å². The lowest BCUT2D eigenvalue weighted by molar-refractivity contribution is 0.212. The van der Waals surface area contributed by atoms with E-state index in [0.717, 1.165) is 17.5 Å². The maximum absolute atomic E-state index is 6.47. The monoisotopic (exact) mass is 311 g/mol. The molecule has 1 aliphatic rings. The van der Waals surface area contributed by atoms with Gasteiger partial charge in [-0.1, -0.05) is 44.7 Å². The molecule has 0 amide bonds. The van der Waals surface area contributed by atoms with E-state index in [4.69, 9.17) is 11.6 Å². The van der Waals surface area contributed by atoms with Crippen molar-refractivity contribution in [3.8, 4) is 0 Å². The molecule has 3 nitrogen and oxygen atoms in total. The predicted molar refractivity (Wildman–Crippen MR) is 89.8 cm³/mol. The Balaban J connectivity index is 2.21. The molecule has 2 rings (SSSR count). The Kier molecular flexibility index (Phi) is 6.12. The highest BCUT2D eigenvalue weighted by Crippen LogP contribution is 2.40. The number of hydrogen-bond donors (Lipinski definition) is 1. The van der Waals surface area contributed by atoms with Gasteiger partial charge in [0.05, 0.1) is 23.0 Å². The van der Waals surface area contributed by atoms with E-state index in [9.17, 15) is 0 Å². The average molecular weight is 312 g/mol. The van der Waals surface area contributed by atoms with Gasteiger partial charge >= 0.3 is 0 Å². The van der Waals surface area contributed by atoms with Crippen molar-refractivity contribution in [2.24, 2.45) is 11.8 Å². The van der Waals surface area contributed by atoms with Gasteiger partial charge in [-0.15, -0.1) is 0 Å². The molecule has 0 spiro atoms. The van der Waals surface area contributed by atoms with Gasteiger partial charge in [0.15, 0.2) is 0 Å². The Morgan fingerprint density at radius 1 is 1.29 bits per heavy atom. The second-order valence-corrected chi connectivity index (χ2v) is 7.05. The molecule has 120 valence electrons. The number of aromatic nitrogens is 2. The summed E-state index contributed by atoms with van der Waals surface area (Å²) in [5.41, 5.74) is 1.19. The quantitative estimate of drug-likeness (QED) is 0.802. The van der Waals surface area contributed by atoms with Gasteiger partial charge in [-0.2, -0.15) is 5.10 Å². The van der Waals surface area contributed by atoms with Crippen LogP contribution in [0.4, 0.5) is 0 Å². The van der Waals surface area contributed by atoms with Gasteiger partial charge in [0.25, 0.3) is 0 Å². The van der Waals surface area contributed by atoms with Crippen molar-refractivity contribution < 1.29 is 0 Å². The van der Waals surface area contributed by atoms with Crippen molar-refractivity contribution in [3.63, 3.8) is 0 Å². The lowest BCUT2D eigenvalue weighted by atomic mass is 9.76. The van der Waals surface area contributed by atoms with E-state index in [2.05, 4.69) is 42.8 Å². The standard InChI is InChI=1S/C17H30ClN3/c1-5-13-7-9-14(10-8-13)16(19-6-2)17-15(18)11-20-21(17)12(3)4/h11-14,16,19H,5-10H2,1-4H3. The Bertz CT molecular complexity index is 433. The molecule has 1 N–H and O–H groups in total. The van der Waals surface area contributed by atoms with Gasteiger partial charge in [-0.3, -0.25) is 4.68 Å². The number of hydrogen-bond acceptors (Lipinski definition) is 2. The van der Waals surface area contributed by atoms with Gasteiger partial charge in [0.1, 0.15) is 0 Å². The van der Waals surface area contributed by atoms with Crippen LogP contribution in [-0.4, -0.2) is 16.3 Å². The fourth-order valence-electron chi connectivity index (χ4n) is 3.69.